The van der Waals surface area contributed by atoms with Crippen LogP contribution in [0.3, 0.4) is 0 Å². The van der Waals surface area contributed by atoms with Crippen molar-refractivity contribution in [3.05, 3.63) is 10.0 Å². The smallest absolute Gasteiger partial charge is 0.322 e. The summed E-state index contributed by atoms with van der Waals surface area (Å²) in [6, 6.07) is 1.84. The number of nitrogens with zero attached hydrogens (tertiary/aromatic N) is 2. The predicted octanol–water partition coefficient (Wildman–Crippen LogP) is 1.16. The minimum absolute atomic E-state index is 0.0976. The number of hydrogen-bond acceptors (Lipinski definition) is 5. The number of halogens is 1. The molecule has 0 saturated heterocycles. The van der Waals surface area contributed by atoms with Crippen LogP contribution >= 0.6 is 22.9 Å². The molecule has 0 aliphatic rings. The van der Waals surface area contributed by atoms with Crippen LogP contribution in [0.1, 0.15) is 4.88 Å². The minimum Gasteiger partial charge on any atom is -0.480 e. The minimum atomic E-state index is -0.996. The topological polar surface area (TPSA) is 86.0 Å². The van der Waals surface area contributed by atoms with Crippen molar-refractivity contribution in [2.24, 2.45) is 0 Å². The molecule has 0 aromatic carbocycles. The molecule has 2 N–H and O–H groups in total. The summed E-state index contributed by atoms with van der Waals surface area (Å²) in [5, 5.41) is 19.8. The molecular formula is C6H4ClN3O2S. The first-order valence-corrected chi connectivity index (χ1v) is 4.35. The Labute approximate surface area is 82.6 Å². The van der Waals surface area contributed by atoms with Crippen molar-refractivity contribution in [1.82, 2.24) is 4.98 Å². The van der Waals surface area contributed by atoms with Gasteiger partial charge in [0.1, 0.15) is 17.5 Å². The molecule has 68 valence electrons. The van der Waals surface area contributed by atoms with Crippen molar-refractivity contribution < 1.29 is 9.90 Å². The highest BCUT2D eigenvalue weighted by Gasteiger charge is 2.08. The van der Waals surface area contributed by atoms with Crippen molar-refractivity contribution in [3.8, 4) is 6.07 Å². The van der Waals surface area contributed by atoms with Gasteiger partial charge in [0.05, 0.1) is 0 Å². The lowest BCUT2D eigenvalue weighted by atomic mass is 10.6. The standard InChI is InChI=1S/C6H4ClN3O2S/c7-5-3(1-8)13-6(10-5)9-2-4(11)12/h2H2,(H,9,10)(H,11,12). The molecule has 0 spiro atoms. The summed E-state index contributed by atoms with van der Waals surface area (Å²) in [6.45, 7) is -0.241. The van der Waals surface area contributed by atoms with Gasteiger partial charge in [0.2, 0.25) is 0 Å². The summed E-state index contributed by atoms with van der Waals surface area (Å²) in [5.41, 5.74) is 0. The van der Waals surface area contributed by atoms with E-state index >= 15 is 0 Å². The van der Waals surface area contributed by atoms with Gasteiger partial charge in [-0.2, -0.15) is 5.26 Å². The van der Waals surface area contributed by atoms with E-state index in [-0.39, 0.29) is 16.6 Å². The second kappa shape index (κ2) is 4.07. The molecule has 1 heterocycles. The number of nitriles is 1. The zero-order valence-corrected chi connectivity index (χ0v) is 7.82. The fourth-order valence-corrected chi connectivity index (χ4v) is 1.54. The van der Waals surface area contributed by atoms with Gasteiger partial charge in [-0.3, -0.25) is 4.79 Å². The van der Waals surface area contributed by atoms with Crippen LogP contribution in [0.5, 0.6) is 0 Å². The van der Waals surface area contributed by atoms with Crippen LogP contribution in [0.15, 0.2) is 0 Å². The van der Waals surface area contributed by atoms with Gasteiger partial charge in [-0.05, 0) is 0 Å². The molecule has 0 atom stereocenters. The summed E-state index contributed by atoms with van der Waals surface area (Å²) < 4.78 is 0. The highest BCUT2D eigenvalue weighted by molar-refractivity contribution is 7.16. The van der Waals surface area contributed by atoms with Gasteiger partial charge in [0, 0.05) is 0 Å². The van der Waals surface area contributed by atoms with E-state index in [2.05, 4.69) is 10.3 Å². The average molecular weight is 218 g/mol. The Balaban J connectivity index is 2.69. The molecule has 0 fully saturated rings. The monoisotopic (exact) mass is 217 g/mol. The van der Waals surface area contributed by atoms with E-state index < -0.39 is 5.97 Å². The molecule has 5 nitrogen and oxygen atoms in total. The molecule has 0 aliphatic heterocycles. The lowest BCUT2D eigenvalue weighted by Gasteiger charge is -1.94. The molecule has 1 rings (SSSR count). The predicted molar refractivity (Wildman–Crippen MR) is 48.0 cm³/mol. The van der Waals surface area contributed by atoms with E-state index in [0.717, 1.165) is 11.3 Å². The van der Waals surface area contributed by atoms with E-state index in [1.807, 2.05) is 6.07 Å². The number of anilines is 1. The summed E-state index contributed by atoms with van der Waals surface area (Å²) in [7, 11) is 0. The molecule has 0 radical (unpaired) electrons. The highest BCUT2D eigenvalue weighted by Crippen LogP contribution is 2.25. The first kappa shape index (κ1) is 9.77. The van der Waals surface area contributed by atoms with Crippen LogP contribution in [0.2, 0.25) is 5.15 Å². The largest absolute Gasteiger partial charge is 0.480 e. The van der Waals surface area contributed by atoms with Crippen molar-refractivity contribution >= 4 is 34.0 Å². The number of aromatic nitrogens is 1. The van der Waals surface area contributed by atoms with Crippen molar-refractivity contribution in [2.45, 2.75) is 0 Å². The summed E-state index contributed by atoms with van der Waals surface area (Å²) in [4.78, 5) is 14.2. The van der Waals surface area contributed by atoms with Crippen molar-refractivity contribution in [2.75, 3.05) is 11.9 Å². The van der Waals surface area contributed by atoms with Crippen molar-refractivity contribution in [3.63, 3.8) is 0 Å². The van der Waals surface area contributed by atoms with Crippen LogP contribution in [0, 0.1) is 11.3 Å². The maximum Gasteiger partial charge on any atom is 0.322 e. The van der Waals surface area contributed by atoms with Gasteiger partial charge >= 0.3 is 5.97 Å². The Hall–Kier alpha value is -1.32. The molecule has 0 aliphatic carbocycles. The number of aliphatic carboxylic acids is 1. The molecule has 1 aromatic rings. The summed E-state index contributed by atoms with van der Waals surface area (Å²) >= 11 is 6.57. The second-order valence-electron chi connectivity index (χ2n) is 2.00. The maximum atomic E-state index is 10.2. The fourth-order valence-electron chi connectivity index (χ4n) is 0.597. The van der Waals surface area contributed by atoms with E-state index in [1.54, 1.807) is 0 Å². The maximum absolute atomic E-state index is 10.2. The van der Waals surface area contributed by atoms with E-state index in [9.17, 15) is 4.79 Å². The second-order valence-corrected chi connectivity index (χ2v) is 3.36. The third-order valence-corrected chi connectivity index (χ3v) is 2.38. The molecule has 0 amide bonds. The van der Waals surface area contributed by atoms with Gasteiger partial charge in [-0.15, -0.1) is 0 Å². The third-order valence-electron chi connectivity index (χ3n) is 1.08. The first-order chi connectivity index (χ1) is 6.13. The van der Waals surface area contributed by atoms with Crippen LogP contribution in [-0.4, -0.2) is 22.6 Å². The quantitative estimate of drug-likeness (QED) is 0.794. The lowest BCUT2D eigenvalue weighted by Crippen LogP contribution is -2.11. The zero-order chi connectivity index (χ0) is 9.84. The zero-order valence-electron chi connectivity index (χ0n) is 6.24. The van der Waals surface area contributed by atoms with Gasteiger partial charge in [0.15, 0.2) is 10.3 Å². The molecule has 0 unspecified atom stereocenters. The normalized spacial score (nSPS) is 9.23. The molecule has 7 heteroatoms. The summed E-state index contributed by atoms with van der Waals surface area (Å²) in [6.07, 6.45) is 0. The van der Waals surface area contributed by atoms with Gasteiger partial charge in [-0.1, -0.05) is 22.9 Å². The number of thiazole rings is 1. The Kier molecular flexibility index (Phi) is 3.06. The van der Waals surface area contributed by atoms with Crippen LogP contribution in [-0.2, 0) is 4.79 Å². The fraction of sp³-hybridized carbons (Fsp3) is 0.167. The highest BCUT2D eigenvalue weighted by atomic mass is 35.5. The van der Waals surface area contributed by atoms with Crippen LogP contribution in [0.25, 0.3) is 0 Å². The Bertz CT molecular complexity index is 370. The Morgan fingerprint density at radius 2 is 2.54 bits per heavy atom. The SMILES string of the molecule is N#Cc1sc(NCC(=O)O)nc1Cl. The number of hydrogen-bond donors (Lipinski definition) is 2. The number of nitrogens with one attached hydrogen (secondary N) is 1. The number of rotatable bonds is 3. The lowest BCUT2D eigenvalue weighted by molar-refractivity contribution is -0.134. The van der Waals surface area contributed by atoms with E-state index in [0.29, 0.717) is 5.13 Å². The van der Waals surface area contributed by atoms with Gasteiger partial charge in [-0.25, -0.2) is 4.98 Å². The van der Waals surface area contributed by atoms with E-state index in [4.69, 9.17) is 22.0 Å². The van der Waals surface area contributed by atoms with Crippen LogP contribution in [0.4, 0.5) is 5.13 Å². The van der Waals surface area contributed by atoms with E-state index in [1.165, 1.54) is 0 Å². The molecular weight excluding hydrogens is 214 g/mol. The van der Waals surface area contributed by atoms with Crippen molar-refractivity contribution in [1.29, 1.82) is 5.26 Å². The number of carboxylic acid groups (broad SMARTS) is 1. The Morgan fingerprint density at radius 3 is 3.00 bits per heavy atom. The third kappa shape index (κ3) is 2.57. The summed E-state index contributed by atoms with van der Waals surface area (Å²) in [5.74, 6) is -0.996. The molecule has 1 aromatic heterocycles. The number of carbonyl (C=O) groups is 1. The molecule has 0 saturated carbocycles. The molecule has 0 bridgehead atoms. The van der Waals surface area contributed by atoms with Gasteiger partial charge in [0.25, 0.3) is 0 Å². The first-order valence-electron chi connectivity index (χ1n) is 3.15. The van der Waals surface area contributed by atoms with Gasteiger partial charge < -0.3 is 10.4 Å². The van der Waals surface area contributed by atoms with Crippen LogP contribution < -0.4 is 5.32 Å². The average Bonchev–Trinajstić information content (AvgIpc) is 2.43. The molecule has 13 heavy (non-hydrogen) atoms. The number of carboxylic acids is 1. The Morgan fingerprint density at radius 1 is 1.85 bits per heavy atom.